The summed E-state index contributed by atoms with van der Waals surface area (Å²) in [6.07, 6.45) is 5.04. The van der Waals surface area contributed by atoms with Crippen LogP contribution in [0, 0.1) is 6.92 Å². The standard InChI is InChI=1S/C22H27N3O4S/c1-17-8-10-19(11-9-17)25(16-22(26)24-23-18-6-4-3-5-7-18)30(27,28)21-14-12-20(29-2)13-15-21/h8-15H,3-7,16H2,1-2H3,(H,24,26). The van der Waals surface area contributed by atoms with Gasteiger partial charge in [-0.2, -0.15) is 5.10 Å². The van der Waals surface area contributed by atoms with E-state index < -0.39 is 15.9 Å². The maximum absolute atomic E-state index is 13.3. The smallest absolute Gasteiger partial charge is 0.264 e. The normalized spacial score (nSPS) is 14.1. The molecule has 0 atom stereocenters. The number of amides is 1. The molecule has 0 unspecified atom stereocenters. The summed E-state index contributed by atoms with van der Waals surface area (Å²) in [7, 11) is -2.45. The fourth-order valence-corrected chi connectivity index (χ4v) is 4.70. The van der Waals surface area contributed by atoms with Crippen LogP contribution >= 0.6 is 0 Å². The summed E-state index contributed by atoms with van der Waals surface area (Å²) in [5.41, 5.74) is 4.89. The van der Waals surface area contributed by atoms with E-state index in [4.69, 9.17) is 4.74 Å². The van der Waals surface area contributed by atoms with E-state index in [0.717, 1.165) is 41.3 Å². The summed E-state index contributed by atoms with van der Waals surface area (Å²) >= 11 is 0. The van der Waals surface area contributed by atoms with Gasteiger partial charge >= 0.3 is 0 Å². The molecule has 8 heteroatoms. The second kappa shape index (κ2) is 9.75. The minimum Gasteiger partial charge on any atom is -0.497 e. The Balaban J connectivity index is 1.86. The Kier molecular flexibility index (Phi) is 7.10. The van der Waals surface area contributed by atoms with Crippen molar-refractivity contribution in [2.24, 2.45) is 5.10 Å². The number of rotatable bonds is 7. The first-order chi connectivity index (χ1) is 14.4. The number of hydrogen-bond acceptors (Lipinski definition) is 5. The molecule has 160 valence electrons. The van der Waals surface area contributed by atoms with Gasteiger partial charge in [0, 0.05) is 5.71 Å². The van der Waals surface area contributed by atoms with E-state index in [1.54, 1.807) is 24.3 Å². The molecule has 1 saturated carbocycles. The summed E-state index contributed by atoms with van der Waals surface area (Å²) in [6, 6.07) is 13.1. The van der Waals surface area contributed by atoms with E-state index >= 15 is 0 Å². The number of benzene rings is 2. The maximum Gasteiger partial charge on any atom is 0.264 e. The lowest BCUT2D eigenvalue weighted by Crippen LogP contribution is -2.39. The second-order valence-corrected chi connectivity index (χ2v) is 9.16. The zero-order valence-corrected chi connectivity index (χ0v) is 18.1. The zero-order valence-electron chi connectivity index (χ0n) is 17.3. The number of methoxy groups -OCH3 is 1. The quantitative estimate of drug-likeness (QED) is 0.681. The average Bonchev–Trinajstić information content (AvgIpc) is 2.77. The van der Waals surface area contributed by atoms with Crippen molar-refractivity contribution in [1.29, 1.82) is 0 Å². The number of aryl methyl sites for hydroxylation is 1. The molecule has 30 heavy (non-hydrogen) atoms. The molecule has 1 N–H and O–H groups in total. The van der Waals surface area contributed by atoms with E-state index in [9.17, 15) is 13.2 Å². The third-order valence-electron chi connectivity index (χ3n) is 5.03. The van der Waals surface area contributed by atoms with Gasteiger partial charge in [-0.1, -0.05) is 24.1 Å². The van der Waals surface area contributed by atoms with Crippen LogP contribution in [-0.4, -0.2) is 33.7 Å². The molecule has 2 aromatic rings. The summed E-state index contributed by atoms with van der Waals surface area (Å²) < 4.78 is 32.9. The zero-order chi connectivity index (χ0) is 21.6. The van der Waals surface area contributed by atoms with Gasteiger partial charge in [-0.05, 0) is 69.0 Å². The molecule has 0 aromatic heterocycles. The van der Waals surface area contributed by atoms with Crippen LogP contribution in [0.4, 0.5) is 5.69 Å². The van der Waals surface area contributed by atoms with Gasteiger partial charge in [0.25, 0.3) is 15.9 Å². The molecule has 2 aromatic carbocycles. The highest BCUT2D eigenvalue weighted by atomic mass is 32.2. The van der Waals surface area contributed by atoms with Crippen LogP contribution in [0.1, 0.15) is 37.7 Å². The number of hydrazone groups is 1. The van der Waals surface area contributed by atoms with Crippen molar-refractivity contribution in [2.75, 3.05) is 18.0 Å². The van der Waals surface area contributed by atoms with Crippen molar-refractivity contribution >= 4 is 27.3 Å². The van der Waals surface area contributed by atoms with E-state index in [-0.39, 0.29) is 11.4 Å². The van der Waals surface area contributed by atoms with Crippen molar-refractivity contribution in [3.05, 3.63) is 54.1 Å². The van der Waals surface area contributed by atoms with E-state index in [1.807, 2.05) is 19.1 Å². The number of carbonyl (C=O) groups excluding carboxylic acids is 1. The van der Waals surface area contributed by atoms with E-state index in [2.05, 4.69) is 10.5 Å². The highest BCUT2D eigenvalue weighted by Gasteiger charge is 2.27. The van der Waals surface area contributed by atoms with Crippen LogP contribution in [-0.2, 0) is 14.8 Å². The highest BCUT2D eigenvalue weighted by molar-refractivity contribution is 7.92. The number of nitrogens with one attached hydrogen (secondary N) is 1. The predicted molar refractivity (Wildman–Crippen MR) is 117 cm³/mol. The molecule has 7 nitrogen and oxygen atoms in total. The van der Waals surface area contributed by atoms with Gasteiger partial charge < -0.3 is 4.74 Å². The van der Waals surface area contributed by atoms with Gasteiger partial charge in [0.05, 0.1) is 17.7 Å². The minimum atomic E-state index is -3.96. The lowest BCUT2D eigenvalue weighted by molar-refractivity contribution is -0.119. The molecule has 1 fully saturated rings. The third kappa shape index (κ3) is 5.38. The van der Waals surface area contributed by atoms with Gasteiger partial charge in [0.2, 0.25) is 0 Å². The first-order valence-electron chi connectivity index (χ1n) is 9.98. The highest BCUT2D eigenvalue weighted by Crippen LogP contribution is 2.25. The predicted octanol–water partition coefficient (Wildman–Crippen LogP) is 3.64. The molecular weight excluding hydrogens is 402 g/mol. The van der Waals surface area contributed by atoms with E-state index in [1.165, 1.54) is 25.7 Å². The molecule has 1 amide bonds. The van der Waals surface area contributed by atoms with Crippen molar-refractivity contribution in [2.45, 2.75) is 43.9 Å². The van der Waals surface area contributed by atoms with Crippen LogP contribution in [0.5, 0.6) is 5.75 Å². The summed E-state index contributed by atoms with van der Waals surface area (Å²) in [5, 5.41) is 4.20. The molecule has 0 saturated heterocycles. The number of anilines is 1. The first kappa shape index (κ1) is 21.8. The lowest BCUT2D eigenvalue weighted by Gasteiger charge is -2.24. The van der Waals surface area contributed by atoms with Gasteiger partial charge in [-0.25, -0.2) is 13.8 Å². The molecule has 3 rings (SSSR count). The number of hydrogen-bond donors (Lipinski definition) is 1. The fraction of sp³-hybridized carbons (Fsp3) is 0.364. The molecular formula is C22H27N3O4S. The molecule has 1 aliphatic rings. The number of sulfonamides is 1. The summed E-state index contributed by atoms with van der Waals surface area (Å²) in [5.74, 6) is 0.0719. The molecule has 0 heterocycles. The van der Waals surface area contributed by atoms with Crippen LogP contribution in [0.25, 0.3) is 0 Å². The Bertz CT molecular complexity index is 992. The van der Waals surface area contributed by atoms with Gasteiger partial charge in [-0.3, -0.25) is 9.10 Å². The van der Waals surface area contributed by atoms with Crippen LogP contribution in [0.2, 0.25) is 0 Å². The van der Waals surface area contributed by atoms with Crippen molar-refractivity contribution in [3.8, 4) is 5.75 Å². The molecule has 1 aliphatic carbocycles. The second-order valence-electron chi connectivity index (χ2n) is 7.30. The van der Waals surface area contributed by atoms with Crippen molar-refractivity contribution in [3.63, 3.8) is 0 Å². The molecule has 0 radical (unpaired) electrons. The number of carbonyl (C=O) groups is 1. The molecule has 0 aliphatic heterocycles. The minimum absolute atomic E-state index is 0.0790. The number of nitrogens with zero attached hydrogens (tertiary/aromatic N) is 2. The Labute approximate surface area is 177 Å². The van der Waals surface area contributed by atoms with Gasteiger partial charge in [0.1, 0.15) is 12.3 Å². The van der Waals surface area contributed by atoms with E-state index in [0.29, 0.717) is 11.4 Å². The Morgan fingerprint density at radius 3 is 2.27 bits per heavy atom. The van der Waals surface area contributed by atoms with Crippen molar-refractivity contribution < 1.29 is 17.9 Å². The van der Waals surface area contributed by atoms with Crippen LogP contribution < -0.4 is 14.5 Å². The van der Waals surface area contributed by atoms with Gasteiger partial charge in [-0.15, -0.1) is 0 Å². The summed E-state index contributed by atoms with van der Waals surface area (Å²) in [4.78, 5) is 12.6. The Hall–Kier alpha value is -2.87. The molecule has 0 bridgehead atoms. The lowest BCUT2D eigenvalue weighted by atomic mass is 9.99. The largest absolute Gasteiger partial charge is 0.497 e. The van der Waals surface area contributed by atoms with Gasteiger partial charge in [0.15, 0.2) is 0 Å². The summed E-state index contributed by atoms with van der Waals surface area (Å²) in [6.45, 7) is 1.55. The van der Waals surface area contributed by atoms with Crippen LogP contribution in [0.15, 0.2) is 58.5 Å². The Morgan fingerprint density at radius 1 is 1.03 bits per heavy atom. The Morgan fingerprint density at radius 2 is 1.67 bits per heavy atom. The molecule has 0 spiro atoms. The first-order valence-corrected chi connectivity index (χ1v) is 11.4. The van der Waals surface area contributed by atoms with Crippen molar-refractivity contribution in [1.82, 2.24) is 5.43 Å². The maximum atomic E-state index is 13.3. The average molecular weight is 430 g/mol. The van der Waals surface area contributed by atoms with Crippen LogP contribution in [0.3, 0.4) is 0 Å². The SMILES string of the molecule is COc1ccc(S(=O)(=O)N(CC(=O)NN=C2CCCCC2)c2ccc(C)cc2)cc1. The fourth-order valence-electron chi connectivity index (χ4n) is 3.28. The monoisotopic (exact) mass is 429 g/mol. The third-order valence-corrected chi connectivity index (χ3v) is 6.81. The topological polar surface area (TPSA) is 88.1 Å². The number of ether oxygens (including phenoxy) is 1.